The molecule has 138 valence electrons. The molecule has 1 aliphatic rings. The van der Waals surface area contributed by atoms with Crippen LogP contribution in [0.25, 0.3) is 0 Å². The predicted molar refractivity (Wildman–Crippen MR) is 104 cm³/mol. The Morgan fingerprint density at radius 3 is 2.54 bits per heavy atom. The van der Waals surface area contributed by atoms with E-state index in [1.165, 1.54) is 0 Å². The van der Waals surface area contributed by atoms with Crippen molar-refractivity contribution in [3.8, 4) is 5.75 Å². The molecule has 0 spiro atoms. The molecule has 0 heterocycles. The van der Waals surface area contributed by atoms with Crippen molar-refractivity contribution in [1.82, 2.24) is 5.32 Å². The van der Waals surface area contributed by atoms with Crippen LogP contribution in [0.1, 0.15) is 42.9 Å². The van der Waals surface area contributed by atoms with Crippen molar-refractivity contribution in [3.63, 3.8) is 0 Å². The van der Waals surface area contributed by atoms with Crippen molar-refractivity contribution in [1.29, 1.82) is 0 Å². The Balaban J connectivity index is 1.88. The first-order chi connectivity index (χ1) is 12.6. The second-order valence-corrected chi connectivity index (χ2v) is 7.23. The highest BCUT2D eigenvalue weighted by molar-refractivity contribution is 6.31. The maximum Gasteiger partial charge on any atom is 0.221 e. The minimum atomic E-state index is -0.370. The molecule has 0 aromatic heterocycles. The summed E-state index contributed by atoms with van der Waals surface area (Å²) in [6.07, 6.45) is 3.55. The molecule has 0 bridgehead atoms. The first-order valence-electron chi connectivity index (χ1n) is 9.02. The third-order valence-electron chi connectivity index (χ3n) is 5.14. The van der Waals surface area contributed by atoms with Gasteiger partial charge in [0.2, 0.25) is 5.91 Å². The van der Waals surface area contributed by atoms with Crippen molar-refractivity contribution >= 4 is 17.5 Å². The summed E-state index contributed by atoms with van der Waals surface area (Å²) >= 11 is 6.43. The van der Waals surface area contributed by atoms with Gasteiger partial charge in [-0.05, 0) is 36.5 Å². The molecule has 3 atom stereocenters. The number of methoxy groups -OCH3 is 1. The lowest BCUT2D eigenvalue weighted by molar-refractivity contribution is -0.122. The number of rotatable bonds is 6. The number of carbonyl (C=O) groups is 1. The monoisotopic (exact) mass is 372 g/mol. The van der Waals surface area contributed by atoms with Gasteiger partial charge in [-0.3, -0.25) is 4.79 Å². The van der Waals surface area contributed by atoms with Gasteiger partial charge in [0.05, 0.1) is 13.2 Å². The van der Waals surface area contributed by atoms with Crippen LogP contribution in [0.2, 0.25) is 5.02 Å². The number of carbonyl (C=O) groups excluding carboxylic acids is 1. The van der Waals surface area contributed by atoms with E-state index in [9.17, 15) is 4.79 Å². The first kappa shape index (κ1) is 18.7. The average Bonchev–Trinajstić information content (AvgIpc) is 3.05. The quantitative estimate of drug-likeness (QED) is 0.803. The molecule has 26 heavy (non-hydrogen) atoms. The fourth-order valence-electron chi connectivity index (χ4n) is 3.71. The third-order valence-corrected chi connectivity index (χ3v) is 5.48. The summed E-state index contributed by atoms with van der Waals surface area (Å²) in [5, 5.41) is 3.77. The number of hydrogen-bond donors (Lipinski definition) is 2. The molecule has 3 rings (SSSR count). The average molecular weight is 373 g/mol. The Bertz CT molecular complexity index is 765. The van der Waals surface area contributed by atoms with Crippen LogP contribution in [0.15, 0.2) is 48.5 Å². The molecular weight excluding hydrogens is 348 g/mol. The molecule has 1 aliphatic carbocycles. The van der Waals surface area contributed by atoms with E-state index in [2.05, 4.69) is 5.32 Å². The molecule has 2 aromatic rings. The van der Waals surface area contributed by atoms with E-state index < -0.39 is 0 Å². The van der Waals surface area contributed by atoms with E-state index in [1.807, 2.05) is 48.5 Å². The molecule has 0 radical (unpaired) electrons. The minimum absolute atomic E-state index is 0.0109. The van der Waals surface area contributed by atoms with E-state index in [0.29, 0.717) is 11.4 Å². The molecule has 0 aliphatic heterocycles. The molecule has 1 unspecified atom stereocenters. The fourth-order valence-corrected chi connectivity index (χ4v) is 3.96. The topological polar surface area (TPSA) is 64.3 Å². The second-order valence-electron chi connectivity index (χ2n) is 6.82. The van der Waals surface area contributed by atoms with Gasteiger partial charge in [-0.2, -0.15) is 0 Å². The van der Waals surface area contributed by atoms with E-state index in [0.717, 1.165) is 36.1 Å². The summed E-state index contributed by atoms with van der Waals surface area (Å²) in [5.41, 5.74) is 7.86. The Labute approximate surface area is 159 Å². The first-order valence-corrected chi connectivity index (χ1v) is 9.40. The summed E-state index contributed by atoms with van der Waals surface area (Å²) in [5.74, 6) is 0.957. The van der Waals surface area contributed by atoms with Gasteiger partial charge in [0, 0.05) is 23.0 Å². The molecule has 2 aromatic carbocycles. The van der Waals surface area contributed by atoms with Gasteiger partial charge in [0.15, 0.2) is 0 Å². The van der Waals surface area contributed by atoms with E-state index in [1.54, 1.807) is 7.11 Å². The zero-order valence-corrected chi connectivity index (χ0v) is 15.7. The minimum Gasteiger partial charge on any atom is -0.496 e. The number of halogens is 1. The van der Waals surface area contributed by atoms with E-state index in [-0.39, 0.29) is 23.9 Å². The van der Waals surface area contributed by atoms with E-state index in [4.69, 9.17) is 22.1 Å². The maximum atomic E-state index is 12.8. The largest absolute Gasteiger partial charge is 0.496 e. The lowest BCUT2D eigenvalue weighted by Crippen LogP contribution is -2.34. The predicted octanol–water partition coefficient (Wildman–Crippen LogP) is 4.07. The van der Waals surface area contributed by atoms with Gasteiger partial charge in [-0.1, -0.05) is 54.4 Å². The van der Waals surface area contributed by atoms with Gasteiger partial charge in [0.1, 0.15) is 5.75 Å². The standard InChI is InChI=1S/C21H25ClN2O2/c1-26-19-12-5-3-9-16(19)21(15-8-2-4-10-17(15)22)24-20(25)13-14-7-6-11-18(14)23/h2-5,8-10,12,14,18,21H,6-7,11,13,23H2,1H3,(H,24,25)/t14-,18+,21?/m0/s1. The molecule has 1 saturated carbocycles. The number of amides is 1. The molecule has 1 fully saturated rings. The number of ether oxygens (including phenoxy) is 1. The lowest BCUT2D eigenvalue weighted by atomic mass is 9.95. The van der Waals surface area contributed by atoms with Gasteiger partial charge in [-0.15, -0.1) is 0 Å². The van der Waals surface area contributed by atoms with Crippen LogP contribution < -0.4 is 15.8 Å². The van der Waals surface area contributed by atoms with Crippen LogP contribution in [0.5, 0.6) is 5.75 Å². The Morgan fingerprint density at radius 1 is 1.19 bits per heavy atom. The van der Waals surface area contributed by atoms with Crippen LogP contribution in [0, 0.1) is 5.92 Å². The number of benzene rings is 2. The van der Waals surface area contributed by atoms with Gasteiger partial charge < -0.3 is 15.8 Å². The molecule has 0 saturated heterocycles. The Kier molecular flexibility index (Phi) is 6.17. The molecule has 3 N–H and O–H groups in total. The van der Waals surface area contributed by atoms with Gasteiger partial charge >= 0.3 is 0 Å². The van der Waals surface area contributed by atoms with E-state index >= 15 is 0 Å². The molecule has 4 nitrogen and oxygen atoms in total. The van der Waals surface area contributed by atoms with Crippen molar-refractivity contribution in [2.45, 2.75) is 37.8 Å². The van der Waals surface area contributed by atoms with Crippen LogP contribution in [-0.4, -0.2) is 19.1 Å². The SMILES string of the molecule is COc1ccccc1C(NC(=O)C[C@@H]1CCC[C@H]1N)c1ccccc1Cl. The van der Waals surface area contributed by atoms with Crippen LogP contribution in [0.3, 0.4) is 0 Å². The van der Waals surface area contributed by atoms with Crippen molar-refractivity contribution in [2.24, 2.45) is 11.7 Å². The van der Waals surface area contributed by atoms with Gasteiger partial charge in [-0.25, -0.2) is 0 Å². The second kappa shape index (κ2) is 8.56. The summed E-state index contributed by atoms with van der Waals surface area (Å²) in [7, 11) is 1.63. The molecule has 1 amide bonds. The number of nitrogens with one attached hydrogen (secondary N) is 1. The molecular formula is C21H25ClN2O2. The Hall–Kier alpha value is -2.04. The smallest absolute Gasteiger partial charge is 0.221 e. The highest BCUT2D eigenvalue weighted by atomic mass is 35.5. The third kappa shape index (κ3) is 4.19. The number of nitrogens with two attached hydrogens (primary N) is 1. The van der Waals surface area contributed by atoms with Crippen LogP contribution in [0.4, 0.5) is 0 Å². The van der Waals surface area contributed by atoms with Crippen molar-refractivity contribution in [2.75, 3.05) is 7.11 Å². The van der Waals surface area contributed by atoms with Crippen LogP contribution in [-0.2, 0) is 4.79 Å². The van der Waals surface area contributed by atoms with Crippen LogP contribution >= 0.6 is 11.6 Å². The normalized spacial score (nSPS) is 20.6. The van der Waals surface area contributed by atoms with Crippen molar-refractivity contribution < 1.29 is 9.53 Å². The zero-order valence-electron chi connectivity index (χ0n) is 15.0. The van der Waals surface area contributed by atoms with Gasteiger partial charge in [0.25, 0.3) is 0 Å². The van der Waals surface area contributed by atoms with Crippen molar-refractivity contribution in [3.05, 3.63) is 64.7 Å². The summed E-state index contributed by atoms with van der Waals surface area (Å²) < 4.78 is 5.51. The summed E-state index contributed by atoms with van der Waals surface area (Å²) in [6, 6.07) is 15.0. The number of hydrogen-bond acceptors (Lipinski definition) is 3. The Morgan fingerprint density at radius 2 is 1.88 bits per heavy atom. The molecule has 5 heteroatoms. The highest BCUT2D eigenvalue weighted by Gasteiger charge is 2.28. The zero-order chi connectivity index (χ0) is 18.5. The summed E-state index contributed by atoms with van der Waals surface area (Å²) in [6.45, 7) is 0. The highest BCUT2D eigenvalue weighted by Crippen LogP contribution is 2.34. The lowest BCUT2D eigenvalue weighted by Gasteiger charge is -2.24. The summed E-state index contributed by atoms with van der Waals surface area (Å²) in [4.78, 5) is 12.8. The maximum absolute atomic E-state index is 12.8. The fraction of sp³-hybridized carbons (Fsp3) is 0.381. The number of para-hydroxylation sites is 1.